The molecule has 1 atom stereocenters. The van der Waals surface area contributed by atoms with Gasteiger partial charge in [0.25, 0.3) is 5.91 Å². The number of pyridine rings is 1. The summed E-state index contributed by atoms with van der Waals surface area (Å²) in [4.78, 5) is 16.0. The molecule has 0 radical (unpaired) electrons. The van der Waals surface area contributed by atoms with E-state index in [1.807, 2.05) is 18.2 Å². The van der Waals surface area contributed by atoms with Crippen LogP contribution in [0.25, 0.3) is 0 Å². The number of nitrogens with one attached hydrogen (secondary N) is 2. The second kappa shape index (κ2) is 7.40. The second-order valence-corrected chi connectivity index (χ2v) is 4.93. The highest BCUT2D eigenvalue weighted by molar-refractivity contribution is 5.92. The monoisotopic (exact) mass is 284 g/mol. The number of nitrogens with zero attached hydrogens (tertiary/aromatic N) is 1. The normalized spacial score (nSPS) is 11.7. The number of rotatable bonds is 6. The number of carbonyl (C=O) groups excluding carboxylic acids is 1. The lowest BCUT2D eigenvalue weighted by Gasteiger charge is -2.12. The molecule has 110 valence electrons. The molecule has 0 spiro atoms. The molecule has 1 aromatic carbocycles. The van der Waals surface area contributed by atoms with Gasteiger partial charge in [-0.2, -0.15) is 0 Å². The van der Waals surface area contributed by atoms with E-state index < -0.39 is 0 Å². The average Bonchev–Trinajstić information content (AvgIpc) is 2.55. The van der Waals surface area contributed by atoms with Crippen LogP contribution < -0.4 is 16.6 Å². The van der Waals surface area contributed by atoms with Crippen molar-refractivity contribution in [1.82, 2.24) is 10.3 Å². The summed E-state index contributed by atoms with van der Waals surface area (Å²) < 4.78 is 0. The molecule has 2 aromatic rings. The summed E-state index contributed by atoms with van der Waals surface area (Å²) in [6, 6.07) is 13.6. The van der Waals surface area contributed by atoms with E-state index in [-0.39, 0.29) is 5.91 Å². The highest BCUT2D eigenvalue weighted by Gasteiger charge is 2.08. The van der Waals surface area contributed by atoms with Gasteiger partial charge in [0.1, 0.15) is 5.69 Å². The summed E-state index contributed by atoms with van der Waals surface area (Å²) in [5, 5.41) is 2.88. The van der Waals surface area contributed by atoms with Gasteiger partial charge in [-0.1, -0.05) is 37.3 Å². The highest BCUT2D eigenvalue weighted by atomic mass is 16.1. The van der Waals surface area contributed by atoms with Crippen molar-refractivity contribution < 1.29 is 4.79 Å². The van der Waals surface area contributed by atoms with Gasteiger partial charge in [-0.05, 0) is 30.0 Å². The lowest BCUT2D eigenvalue weighted by Crippen LogP contribution is -2.26. The highest BCUT2D eigenvalue weighted by Crippen LogP contribution is 2.17. The van der Waals surface area contributed by atoms with Gasteiger partial charge in [0.05, 0.1) is 11.9 Å². The van der Waals surface area contributed by atoms with Crippen molar-refractivity contribution in [3.63, 3.8) is 0 Å². The number of carbonyl (C=O) groups is 1. The predicted molar refractivity (Wildman–Crippen MR) is 83.9 cm³/mol. The predicted octanol–water partition coefficient (Wildman–Crippen LogP) is 2.29. The molecule has 4 N–H and O–H groups in total. The lowest BCUT2D eigenvalue weighted by molar-refractivity contribution is 0.0947. The zero-order valence-corrected chi connectivity index (χ0v) is 12.0. The Balaban J connectivity index is 1.81. The molecule has 0 saturated carbocycles. The van der Waals surface area contributed by atoms with E-state index in [0.717, 1.165) is 6.42 Å². The van der Waals surface area contributed by atoms with Gasteiger partial charge in [-0.3, -0.25) is 10.6 Å². The fourth-order valence-corrected chi connectivity index (χ4v) is 2.05. The maximum Gasteiger partial charge on any atom is 0.269 e. The van der Waals surface area contributed by atoms with E-state index in [9.17, 15) is 4.79 Å². The summed E-state index contributed by atoms with van der Waals surface area (Å²) in [5.74, 6) is 5.49. The molecule has 0 bridgehead atoms. The van der Waals surface area contributed by atoms with Crippen LogP contribution in [0, 0.1) is 0 Å². The molecule has 2 rings (SSSR count). The number of hydrazine groups is 1. The summed E-state index contributed by atoms with van der Waals surface area (Å²) in [6.45, 7) is 2.77. The Kier molecular flexibility index (Phi) is 5.29. The quantitative estimate of drug-likeness (QED) is 0.561. The van der Waals surface area contributed by atoms with Crippen molar-refractivity contribution in [3.05, 3.63) is 59.9 Å². The third kappa shape index (κ3) is 4.29. The summed E-state index contributed by atoms with van der Waals surface area (Å²) in [7, 11) is 0. The number of aromatic nitrogens is 1. The number of nitrogen functional groups attached to an aromatic ring is 1. The van der Waals surface area contributed by atoms with Gasteiger partial charge in [-0.15, -0.1) is 0 Å². The van der Waals surface area contributed by atoms with Crippen LogP contribution in [-0.4, -0.2) is 17.4 Å². The maximum absolute atomic E-state index is 11.9. The minimum atomic E-state index is -0.168. The Morgan fingerprint density at radius 2 is 2.00 bits per heavy atom. The molecule has 1 heterocycles. The average molecular weight is 284 g/mol. The zero-order chi connectivity index (χ0) is 15.1. The summed E-state index contributed by atoms with van der Waals surface area (Å²) in [5.41, 5.74) is 4.82. The second-order valence-electron chi connectivity index (χ2n) is 4.93. The van der Waals surface area contributed by atoms with E-state index in [1.54, 1.807) is 12.1 Å². The van der Waals surface area contributed by atoms with E-state index in [1.165, 1.54) is 11.8 Å². The number of hydrogen-bond donors (Lipinski definition) is 3. The first-order valence-electron chi connectivity index (χ1n) is 6.96. The van der Waals surface area contributed by atoms with Gasteiger partial charge >= 0.3 is 0 Å². The largest absolute Gasteiger partial charge is 0.351 e. The Bertz CT molecular complexity index is 569. The molecule has 21 heavy (non-hydrogen) atoms. The fourth-order valence-electron chi connectivity index (χ4n) is 2.05. The van der Waals surface area contributed by atoms with Crippen LogP contribution in [0.15, 0.2) is 48.7 Å². The third-order valence-electron chi connectivity index (χ3n) is 3.39. The smallest absolute Gasteiger partial charge is 0.269 e. The van der Waals surface area contributed by atoms with E-state index >= 15 is 0 Å². The topological polar surface area (TPSA) is 80.0 Å². The maximum atomic E-state index is 11.9. The van der Waals surface area contributed by atoms with Crippen LogP contribution in [0.5, 0.6) is 0 Å². The molecule has 1 aromatic heterocycles. The van der Waals surface area contributed by atoms with Crippen LogP contribution in [0.1, 0.15) is 35.3 Å². The van der Waals surface area contributed by atoms with Gasteiger partial charge in [0.2, 0.25) is 0 Å². The Labute approximate surface area is 124 Å². The summed E-state index contributed by atoms with van der Waals surface area (Å²) in [6.07, 6.45) is 2.42. The van der Waals surface area contributed by atoms with Gasteiger partial charge < -0.3 is 10.7 Å². The molecule has 0 aliphatic rings. The van der Waals surface area contributed by atoms with Crippen LogP contribution in [0.4, 0.5) is 5.69 Å². The SMILES string of the molecule is CC(CCNC(=O)c1ccc(NN)cn1)c1ccccc1. The minimum Gasteiger partial charge on any atom is -0.351 e. The van der Waals surface area contributed by atoms with Crippen LogP contribution in [0.2, 0.25) is 0 Å². The van der Waals surface area contributed by atoms with Crippen molar-refractivity contribution in [1.29, 1.82) is 0 Å². The van der Waals surface area contributed by atoms with E-state index in [2.05, 4.69) is 34.8 Å². The molecule has 1 amide bonds. The molecule has 5 heteroatoms. The molecular weight excluding hydrogens is 264 g/mol. The standard InChI is InChI=1S/C16H20N4O/c1-12(13-5-3-2-4-6-13)9-10-18-16(21)15-8-7-14(20-17)11-19-15/h2-8,11-12,20H,9-10,17H2,1H3,(H,18,21). The summed E-state index contributed by atoms with van der Waals surface area (Å²) >= 11 is 0. The van der Waals surface area contributed by atoms with Gasteiger partial charge in [-0.25, -0.2) is 4.98 Å². The molecular formula is C16H20N4O. The Morgan fingerprint density at radius 1 is 1.24 bits per heavy atom. The third-order valence-corrected chi connectivity index (χ3v) is 3.39. The number of hydrogen-bond acceptors (Lipinski definition) is 4. The molecule has 1 unspecified atom stereocenters. The molecule has 0 aliphatic heterocycles. The van der Waals surface area contributed by atoms with Crippen LogP contribution in [0.3, 0.4) is 0 Å². The van der Waals surface area contributed by atoms with Crippen LogP contribution in [-0.2, 0) is 0 Å². The number of nitrogens with two attached hydrogens (primary N) is 1. The number of benzene rings is 1. The van der Waals surface area contributed by atoms with Crippen molar-refractivity contribution in [3.8, 4) is 0 Å². The molecule has 0 aliphatic carbocycles. The molecule has 0 fully saturated rings. The van der Waals surface area contributed by atoms with Crippen molar-refractivity contribution in [2.24, 2.45) is 5.84 Å². The zero-order valence-electron chi connectivity index (χ0n) is 12.0. The molecule has 0 saturated heterocycles. The van der Waals surface area contributed by atoms with Crippen molar-refractivity contribution in [2.45, 2.75) is 19.3 Å². The van der Waals surface area contributed by atoms with Crippen molar-refractivity contribution in [2.75, 3.05) is 12.0 Å². The molecule has 5 nitrogen and oxygen atoms in total. The number of anilines is 1. The van der Waals surface area contributed by atoms with Gasteiger partial charge in [0.15, 0.2) is 0 Å². The minimum absolute atomic E-state index is 0.168. The van der Waals surface area contributed by atoms with Crippen LogP contribution >= 0.6 is 0 Å². The van der Waals surface area contributed by atoms with Crippen molar-refractivity contribution >= 4 is 11.6 Å². The first-order chi connectivity index (χ1) is 10.2. The first kappa shape index (κ1) is 15.0. The van der Waals surface area contributed by atoms with E-state index in [4.69, 9.17) is 5.84 Å². The number of amides is 1. The van der Waals surface area contributed by atoms with Gasteiger partial charge in [0, 0.05) is 6.54 Å². The Morgan fingerprint density at radius 3 is 2.62 bits per heavy atom. The fraction of sp³-hybridized carbons (Fsp3) is 0.250. The Hall–Kier alpha value is -2.40. The van der Waals surface area contributed by atoms with E-state index in [0.29, 0.717) is 23.8 Å². The lowest BCUT2D eigenvalue weighted by atomic mass is 9.98. The first-order valence-corrected chi connectivity index (χ1v) is 6.96.